The maximum atomic E-state index is 8.74. The van der Waals surface area contributed by atoms with Crippen molar-refractivity contribution in [1.82, 2.24) is 40.2 Å². The molecule has 6 N–H and O–H groups in total. The smallest absolute Gasteiger partial charge is 1.00 e. The number of rotatable bonds is 17. The normalized spacial score (nSPS) is 14.0. The molecule has 32 heteroatoms. The molecule has 0 unspecified atom stereocenters. The Morgan fingerprint density at radius 3 is 0.861 bits per heavy atom. The first-order chi connectivity index (χ1) is 65.7. The Bertz CT molecular complexity index is 5340. The number of anilines is 4. The molecule has 20 rings (SSSR count). The van der Waals surface area contributed by atoms with Crippen molar-refractivity contribution in [3.63, 3.8) is 0 Å². The predicted molar refractivity (Wildman–Crippen MR) is 561 cm³/mol. The van der Waals surface area contributed by atoms with Crippen LogP contribution in [-0.2, 0) is 39.6 Å². The van der Waals surface area contributed by atoms with Gasteiger partial charge in [-0.2, -0.15) is 9.97 Å². The van der Waals surface area contributed by atoms with Crippen LogP contribution in [0.3, 0.4) is 0 Å². The molecule has 0 spiro atoms. The number of carbonyl (C=O) groups excluding carboxylic acids is 1. The molecule has 0 radical (unpaired) electrons. The van der Waals surface area contributed by atoms with Crippen LogP contribution in [0.1, 0.15) is 1.43 Å². The minimum atomic E-state index is -1.57. The molecular formula is C105H100BCl5Cs2N12O7P4Pd. The van der Waals surface area contributed by atoms with Crippen molar-refractivity contribution in [1.29, 1.82) is 0 Å². The Kier molecular flexibility index (Phi) is 50.5. The molecular weight excluding hydrogens is 2230 g/mol. The van der Waals surface area contributed by atoms with Crippen LogP contribution >= 0.6 is 89.7 Å². The van der Waals surface area contributed by atoms with Gasteiger partial charge >= 0.3 is 145 Å². The summed E-state index contributed by atoms with van der Waals surface area (Å²) < 4.78 is 11.1. The van der Waals surface area contributed by atoms with Crippen LogP contribution in [0.5, 0.6) is 0 Å². The molecule has 137 heavy (non-hydrogen) atoms. The first kappa shape index (κ1) is 112. The zero-order chi connectivity index (χ0) is 93.4. The van der Waals surface area contributed by atoms with E-state index in [0.717, 1.165) is 78.8 Å². The minimum Gasteiger partial charge on any atom is -1.00 e. The van der Waals surface area contributed by atoms with Gasteiger partial charge in [0, 0.05) is 83.8 Å². The second kappa shape index (κ2) is 61.5. The van der Waals surface area contributed by atoms with E-state index in [1.54, 1.807) is 30.3 Å². The summed E-state index contributed by atoms with van der Waals surface area (Å²) in [4.78, 5) is 28.9. The molecule has 16 aromatic rings. The number of carbonyl (C=O) groups is 1. The van der Waals surface area contributed by atoms with Gasteiger partial charge in [-0.05, 0) is 107 Å². The summed E-state index contributed by atoms with van der Waals surface area (Å²) in [6, 6.07) is 140. The number of aromatic nitrogens is 6. The summed E-state index contributed by atoms with van der Waals surface area (Å²) >= 11 is 29.3. The summed E-state index contributed by atoms with van der Waals surface area (Å²) in [5.41, 5.74) is 13.1. The number of piperazine rings is 2. The summed E-state index contributed by atoms with van der Waals surface area (Å²) in [7, 11) is -3.35. The molecule has 0 amide bonds. The van der Waals surface area contributed by atoms with Gasteiger partial charge in [0.25, 0.3) is 6.47 Å². The Morgan fingerprint density at radius 1 is 0.358 bits per heavy atom. The fourth-order valence-corrected chi connectivity index (χ4v) is 25.2. The molecule has 0 saturated carbocycles. The van der Waals surface area contributed by atoms with Gasteiger partial charge in [-0.25, -0.2) is 0 Å². The fraction of sp³-hybridized carbons (Fsp3) is 0.133. The first-order valence-corrected chi connectivity index (χ1v) is 50.5. The maximum Gasteiger partial charge on any atom is 1.00 e. The van der Waals surface area contributed by atoms with Gasteiger partial charge in [0.15, 0.2) is 16.8 Å². The molecule has 0 bridgehead atoms. The monoisotopic (exact) mass is 2320 g/mol. The number of nitrogen functional groups attached to an aromatic ring is 2. The van der Waals surface area contributed by atoms with Crippen LogP contribution < -0.4 is 233 Å². The molecule has 0 aliphatic carbocycles. The van der Waals surface area contributed by atoms with Crippen molar-refractivity contribution in [2.45, 2.75) is 12.1 Å². The third kappa shape index (κ3) is 34.1. The number of morpholine rings is 2. The number of nitrogens with zero attached hydrogens (tertiary/aromatic N) is 10. The van der Waals surface area contributed by atoms with Gasteiger partial charge in [0.05, 0.1) is 58.6 Å². The third-order valence-electron chi connectivity index (χ3n) is 21.5. The average Bonchev–Trinajstić information content (AvgIpc) is 0.792. The second-order valence-corrected chi connectivity index (χ2v) is 41.0. The summed E-state index contributed by atoms with van der Waals surface area (Å²) in [6.07, 6.45) is 0. The van der Waals surface area contributed by atoms with Gasteiger partial charge in [-0.1, -0.05) is 446 Å². The van der Waals surface area contributed by atoms with Crippen molar-refractivity contribution < 1.29 is 194 Å². The number of halogens is 5. The minimum absolute atomic E-state index is 0. The topological polar surface area (TPSA) is 251 Å². The standard InChI is InChI=1S/4C18H15P.C16H18Cl2N6O.C10H15ClN6O.C6H5BCl2O2.CH2O3.2Cs.Pd.H/c4*1-4-10-16(11-5-1)19(17-12-6-2-7-13-17)18-14-8-3-9-15-18;17-12-3-1-2-11(13(12)18)14-15(19)20-16(22-21-14)24-5-4-23-6-7-25-9-10(23)8-24;11-8-9(12)13-10(15-14-8)17-2-1-16-3-4-18-6-7(16)5-17;8-5-3-1-2-4(6(5)9)7(10)11;2-1-4-3;;;;/h4*1-15H;1-3,10H,4-9H2,(H2,19,20,22);7H,1-6H2,(H2,12,13,15);1-3,10-11H;1,3H;;;;/q;;;;;;;;2*+1;;-1/p-1/t;;;;10-;7-;;;;;;/m....00....../s1. The van der Waals surface area contributed by atoms with Crippen molar-refractivity contribution in [3.05, 3.63) is 426 Å². The fourth-order valence-electron chi connectivity index (χ4n) is 15.1. The first-order valence-electron chi connectivity index (χ1n) is 43.3. The Hall–Kier alpha value is -6.51. The third-order valence-corrected chi connectivity index (χ3v) is 33.2. The molecule has 4 fully saturated rings. The summed E-state index contributed by atoms with van der Waals surface area (Å²) in [5, 5.41) is 60.5. The van der Waals surface area contributed by atoms with Crippen molar-refractivity contribution >= 4 is 196 Å². The summed E-state index contributed by atoms with van der Waals surface area (Å²) in [5.74, 6) is 1.59. The van der Waals surface area contributed by atoms with E-state index in [9.17, 15) is 0 Å². The number of benzene rings is 14. The molecule has 14 aromatic carbocycles. The molecule has 2 aromatic heterocycles. The van der Waals surface area contributed by atoms with E-state index in [4.69, 9.17) is 99.0 Å². The number of ether oxygens (including phenoxy) is 2. The van der Waals surface area contributed by atoms with Crippen molar-refractivity contribution in [2.24, 2.45) is 0 Å². The van der Waals surface area contributed by atoms with Crippen molar-refractivity contribution in [2.75, 3.05) is 100 Å². The maximum absolute atomic E-state index is 8.74. The van der Waals surface area contributed by atoms with Crippen molar-refractivity contribution in [3.8, 4) is 11.3 Å². The molecule has 19 nitrogen and oxygen atoms in total. The molecule has 4 aliphatic heterocycles. The number of hydrogen-bond acceptors (Lipinski definition) is 19. The molecule has 4 saturated heterocycles. The average molecular weight is 2330 g/mol. The number of nitrogens with two attached hydrogens (primary N) is 2. The van der Waals surface area contributed by atoms with Crippen LogP contribution in [-0.4, -0.2) is 155 Å². The van der Waals surface area contributed by atoms with Crippen LogP contribution in [0.25, 0.3) is 11.3 Å². The van der Waals surface area contributed by atoms with Crippen LogP contribution in [0.15, 0.2) is 400 Å². The van der Waals surface area contributed by atoms with E-state index in [1.807, 2.05) is 0 Å². The van der Waals surface area contributed by atoms with Gasteiger partial charge in [0.2, 0.25) is 11.9 Å². The Labute approximate surface area is 965 Å². The zero-order valence-corrected chi connectivity index (χ0v) is 96.9. The second-order valence-electron chi connectivity index (χ2n) is 30.2. The molecule has 692 valence electrons. The van der Waals surface area contributed by atoms with E-state index < -0.39 is 38.8 Å². The van der Waals surface area contributed by atoms with Crippen LogP contribution in [0, 0.1) is 0 Å². The van der Waals surface area contributed by atoms with E-state index in [-0.39, 0.29) is 193 Å². The van der Waals surface area contributed by atoms with E-state index >= 15 is 0 Å². The number of fused-ring (bicyclic) bond motifs is 2. The quantitative estimate of drug-likeness (QED) is 0.0219. The summed E-state index contributed by atoms with van der Waals surface area (Å²) in [6.45, 7) is 10.2. The Morgan fingerprint density at radius 2 is 0.613 bits per heavy atom. The zero-order valence-electron chi connectivity index (χ0n) is 76.5. The van der Waals surface area contributed by atoms with Crippen LogP contribution in [0.2, 0.25) is 25.2 Å². The SMILES string of the molecule is Nc1nc(N2CCN3CCOC[C@@H]3C2)nnc1-c1cccc(Cl)c1Cl.Nc1nc(N2CCN3CCOC[C@@H]3C2)nnc1Cl.O=CO[O-].OB(O)c1cccc(Cl)c1Cl.[Cs+].[Cs+].[H-].[Pd].c1ccc(P(c2ccccc2)c2ccccc2)cc1.c1ccc(P(c2ccccc2)c2ccccc2)cc1.c1ccc(P(c2ccccc2)c2ccccc2)cc1.c1ccc(P(c2ccccc2)c2ccccc2)cc1. The molecule has 4 aliphatic rings. The molecule has 6 heterocycles. The molecule has 2 atom stereocenters. The van der Waals surface area contributed by atoms with E-state index in [0.29, 0.717) is 50.3 Å². The number of hydrogen-bond donors (Lipinski definition) is 4. The van der Waals surface area contributed by atoms with E-state index in [1.165, 1.54) is 69.7 Å². The van der Waals surface area contributed by atoms with Crippen LogP contribution in [0.4, 0.5) is 23.5 Å². The Balaban J connectivity index is 0.000000179. The van der Waals surface area contributed by atoms with Gasteiger partial charge in [-0.15, -0.1) is 20.4 Å². The van der Waals surface area contributed by atoms with E-state index in [2.05, 4.69) is 419 Å². The van der Waals surface area contributed by atoms with Gasteiger partial charge in [-0.3, -0.25) is 14.6 Å². The predicted octanol–water partition coefficient (Wildman–Crippen LogP) is 8.58. The van der Waals surface area contributed by atoms with Gasteiger partial charge < -0.3 is 52.4 Å². The largest absolute Gasteiger partial charge is 1.00 e. The van der Waals surface area contributed by atoms with Gasteiger partial charge in [0.1, 0.15) is 5.69 Å².